The van der Waals surface area contributed by atoms with Crippen LogP contribution in [0.5, 0.6) is 0 Å². The normalized spacial score (nSPS) is 14.8. The number of carbonyl (C=O) groups is 5. The smallest absolute Gasteiger partial charge is 0.322 e. The Kier molecular flexibility index (Phi) is 12.7. The van der Waals surface area contributed by atoms with Crippen LogP contribution in [0.1, 0.15) is 33.1 Å². The zero-order valence-corrected chi connectivity index (χ0v) is 17.6. The molecule has 12 heteroatoms. The topological polar surface area (TPSA) is 188 Å². The minimum atomic E-state index is -1.49. The van der Waals surface area contributed by atoms with Crippen molar-refractivity contribution in [3.63, 3.8) is 0 Å². The lowest BCUT2D eigenvalue weighted by Gasteiger charge is -2.24. The van der Waals surface area contributed by atoms with Gasteiger partial charge < -0.3 is 31.9 Å². The van der Waals surface area contributed by atoms with Crippen LogP contribution in [-0.4, -0.2) is 76.6 Å². The highest BCUT2D eigenvalue weighted by Crippen LogP contribution is 2.08. The first-order chi connectivity index (χ1) is 13.5. The molecule has 4 atom stereocenters. The third kappa shape index (κ3) is 10.7. The molecule has 0 aromatic heterocycles. The predicted molar refractivity (Wildman–Crippen MR) is 107 cm³/mol. The SMILES string of the molecule is CCC(C)C(N)C(=O)NC(CCSC)C(=O)NC(CC(=O)O)C(=O)NCC(=O)O. The van der Waals surface area contributed by atoms with Gasteiger partial charge in [0.05, 0.1) is 12.5 Å². The van der Waals surface area contributed by atoms with Crippen molar-refractivity contribution in [2.75, 3.05) is 18.6 Å². The number of carbonyl (C=O) groups excluding carboxylic acids is 3. The molecule has 0 aliphatic heterocycles. The average Bonchev–Trinajstić information content (AvgIpc) is 2.66. The molecule has 0 saturated heterocycles. The first-order valence-electron chi connectivity index (χ1n) is 9.09. The van der Waals surface area contributed by atoms with Crippen LogP contribution in [0.4, 0.5) is 0 Å². The van der Waals surface area contributed by atoms with Gasteiger partial charge in [0.15, 0.2) is 0 Å². The number of carboxylic acid groups (broad SMARTS) is 2. The molecule has 11 nitrogen and oxygen atoms in total. The van der Waals surface area contributed by atoms with Crippen molar-refractivity contribution in [1.82, 2.24) is 16.0 Å². The van der Waals surface area contributed by atoms with Gasteiger partial charge in [-0.1, -0.05) is 20.3 Å². The van der Waals surface area contributed by atoms with Crippen LogP contribution in [0.15, 0.2) is 0 Å². The summed E-state index contributed by atoms with van der Waals surface area (Å²) in [6, 6.07) is -3.33. The number of nitrogens with two attached hydrogens (primary N) is 1. The number of hydrogen-bond acceptors (Lipinski definition) is 7. The third-order valence-electron chi connectivity index (χ3n) is 4.23. The van der Waals surface area contributed by atoms with Crippen LogP contribution in [0.3, 0.4) is 0 Å². The molecule has 3 amide bonds. The lowest BCUT2D eigenvalue weighted by atomic mass is 9.99. The van der Waals surface area contributed by atoms with Gasteiger partial charge >= 0.3 is 11.9 Å². The molecule has 7 N–H and O–H groups in total. The molecule has 166 valence electrons. The van der Waals surface area contributed by atoms with E-state index in [4.69, 9.17) is 15.9 Å². The Labute approximate surface area is 173 Å². The van der Waals surface area contributed by atoms with Crippen molar-refractivity contribution in [3.8, 4) is 0 Å². The number of aliphatic carboxylic acids is 2. The van der Waals surface area contributed by atoms with Crippen molar-refractivity contribution in [1.29, 1.82) is 0 Å². The Balaban J connectivity index is 5.25. The summed E-state index contributed by atoms with van der Waals surface area (Å²) in [6.07, 6.45) is 1.98. The summed E-state index contributed by atoms with van der Waals surface area (Å²) in [5.74, 6) is -4.49. The zero-order valence-electron chi connectivity index (χ0n) is 16.8. The van der Waals surface area contributed by atoms with Gasteiger partial charge in [-0.25, -0.2) is 0 Å². The molecule has 0 aliphatic rings. The molecule has 0 heterocycles. The van der Waals surface area contributed by atoms with E-state index < -0.39 is 60.8 Å². The molecular weight excluding hydrogens is 404 g/mol. The Morgan fingerprint density at radius 1 is 0.966 bits per heavy atom. The van der Waals surface area contributed by atoms with Gasteiger partial charge in [-0.2, -0.15) is 11.8 Å². The Bertz CT molecular complexity index is 602. The summed E-state index contributed by atoms with van der Waals surface area (Å²) in [4.78, 5) is 58.6. The fourth-order valence-corrected chi connectivity index (χ4v) is 2.70. The summed E-state index contributed by atoms with van der Waals surface area (Å²) in [5, 5.41) is 24.5. The second-order valence-electron chi connectivity index (χ2n) is 6.52. The molecule has 0 spiro atoms. The predicted octanol–water partition coefficient (Wildman–Crippen LogP) is -1.24. The van der Waals surface area contributed by atoms with Crippen LogP contribution in [0.25, 0.3) is 0 Å². The highest BCUT2D eigenvalue weighted by atomic mass is 32.2. The van der Waals surface area contributed by atoms with E-state index in [9.17, 15) is 24.0 Å². The zero-order chi connectivity index (χ0) is 22.6. The summed E-state index contributed by atoms with van der Waals surface area (Å²) in [5.41, 5.74) is 5.89. The quantitative estimate of drug-likeness (QED) is 0.194. The summed E-state index contributed by atoms with van der Waals surface area (Å²) < 4.78 is 0. The lowest BCUT2D eigenvalue weighted by Crippen LogP contribution is -2.57. The Morgan fingerprint density at radius 2 is 1.55 bits per heavy atom. The molecule has 0 rings (SSSR count). The van der Waals surface area contributed by atoms with Gasteiger partial charge in [0.2, 0.25) is 17.7 Å². The van der Waals surface area contributed by atoms with Gasteiger partial charge in [0.25, 0.3) is 0 Å². The molecule has 0 radical (unpaired) electrons. The number of hydrogen-bond donors (Lipinski definition) is 6. The van der Waals surface area contributed by atoms with E-state index in [0.717, 1.165) is 0 Å². The molecule has 4 unspecified atom stereocenters. The summed E-state index contributed by atoms with van der Waals surface area (Å²) in [7, 11) is 0. The maximum absolute atomic E-state index is 12.6. The van der Waals surface area contributed by atoms with Crippen molar-refractivity contribution in [2.45, 2.75) is 51.2 Å². The van der Waals surface area contributed by atoms with Crippen molar-refractivity contribution >= 4 is 41.4 Å². The average molecular weight is 435 g/mol. The van der Waals surface area contributed by atoms with Gasteiger partial charge in [0.1, 0.15) is 18.6 Å². The van der Waals surface area contributed by atoms with Crippen molar-refractivity contribution in [2.24, 2.45) is 11.7 Å². The molecule has 0 aromatic carbocycles. The molecule has 0 bridgehead atoms. The van der Waals surface area contributed by atoms with Crippen LogP contribution in [-0.2, 0) is 24.0 Å². The van der Waals surface area contributed by atoms with E-state index >= 15 is 0 Å². The van der Waals surface area contributed by atoms with Crippen LogP contribution < -0.4 is 21.7 Å². The minimum Gasteiger partial charge on any atom is -0.481 e. The number of nitrogens with one attached hydrogen (secondary N) is 3. The van der Waals surface area contributed by atoms with Crippen molar-refractivity contribution < 1.29 is 34.2 Å². The lowest BCUT2D eigenvalue weighted by molar-refractivity contribution is -0.141. The third-order valence-corrected chi connectivity index (χ3v) is 4.87. The maximum atomic E-state index is 12.6. The van der Waals surface area contributed by atoms with Gasteiger partial charge in [-0.05, 0) is 24.3 Å². The van der Waals surface area contributed by atoms with E-state index in [1.165, 1.54) is 11.8 Å². The molecule has 29 heavy (non-hydrogen) atoms. The standard InChI is InChI=1S/C17H30N4O7S/c1-4-9(2)14(18)17(28)20-10(5-6-29-3)16(27)21-11(7-12(22)23)15(26)19-8-13(24)25/h9-11,14H,4-8,18H2,1-3H3,(H,19,26)(H,20,28)(H,21,27)(H,22,23)(H,24,25). The fourth-order valence-electron chi connectivity index (χ4n) is 2.23. The van der Waals surface area contributed by atoms with E-state index in [1.54, 1.807) is 6.92 Å². The minimum absolute atomic E-state index is 0.110. The van der Waals surface area contributed by atoms with E-state index in [-0.39, 0.29) is 12.3 Å². The Hall–Kier alpha value is -2.34. The van der Waals surface area contributed by atoms with E-state index in [0.29, 0.717) is 12.2 Å². The molecule has 0 aromatic rings. The highest BCUT2D eigenvalue weighted by Gasteiger charge is 2.30. The second kappa shape index (κ2) is 13.8. The highest BCUT2D eigenvalue weighted by molar-refractivity contribution is 7.98. The van der Waals surface area contributed by atoms with Crippen LogP contribution in [0, 0.1) is 5.92 Å². The number of thioether (sulfide) groups is 1. The van der Waals surface area contributed by atoms with Crippen LogP contribution >= 0.6 is 11.8 Å². The summed E-state index contributed by atoms with van der Waals surface area (Å²) >= 11 is 1.44. The second-order valence-corrected chi connectivity index (χ2v) is 7.51. The molecular formula is C17H30N4O7S. The van der Waals surface area contributed by atoms with Gasteiger partial charge in [-0.15, -0.1) is 0 Å². The first-order valence-corrected chi connectivity index (χ1v) is 10.5. The fraction of sp³-hybridized carbons (Fsp3) is 0.706. The van der Waals surface area contributed by atoms with Crippen molar-refractivity contribution in [3.05, 3.63) is 0 Å². The monoisotopic (exact) mass is 434 g/mol. The molecule has 0 saturated carbocycles. The largest absolute Gasteiger partial charge is 0.481 e. The number of amides is 3. The molecule has 0 fully saturated rings. The maximum Gasteiger partial charge on any atom is 0.322 e. The van der Waals surface area contributed by atoms with Gasteiger partial charge in [-0.3, -0.25) is 24.0 Å². The van der Waals surface area contributed by atoms with E-state index in [2.05, 4.69) is 10.6 Å². The number of carboxylic acids is 2. The molecule has 0 aliphatic carbocycles. The van der Waals surface area contributed by atoms with E-state index in [1.807, 2.05) is 18.5 Å². The first kappa shape index (κ1) is 26.7. The van der Waals surface area contributed by atoms with Gasteiger partial charge in [0, 0.05) is 0 Å². The van der Waals surface area contributed by atoms with Crippen LogP contribution in [0.2, 0.25) is 0 Å². The summed E-state index contributed by atoms with van der Waals surface area (Å²) in [6.45, 7) is 2.96. The number of rotatable bonds is 14. The Morgan fingerprint density at radius 3 is 2.03 bits per heavy atom.